The summed E-state index contributed by atoms with van der Waals surface area (Å²) in [5.41, 5.74) is 0.698. The molecule has 2 amide bonds. The number of carbonyl (C=O) groups excluding carboxylic acids is 2. The zero-order chi connectivity index (χ0) is 20.3. The quantitative estimate of drug-likeness (QED) is 0.685. The SMILES string of the molecule is COC(C1CC1)C(F)(F)CNC(=O)C(=O)NC(C)c1ccc2c(c1)OCCO2. The van der Waals surface area contributed by atoms with E-state index < -0.39 is 36.4 Å². The molecule has 1 fully saturated rings. The number of carbonyl (C=O) groups is 2. The number of rotatable bonds is 7. The topological polar surface area (TPSA) is 85.9 Å². The van der Waals surface area contributed by atoms with E-state index in [0.29, 0.717) is 43.1 Å². The summed E-state index contributed by atoms with van der Waals surface area (Å²) in [5.74, 6) is -4.39. The van der Waals surface area contributed by atoms with E-state index in [2.05, 4.69) is 5.32 Å². The van der Waals surface area contributed by atoms with Crippen LogP contribution in [0, 0.1) is 5.92 Å². The summed E-state index contributed by atoms with van der Waals surface area (Å²) in [6.07, 6.45) is 0.0954. The monoisotopic (exact) mass is 398 g/mol. The van der Waals surface area contributed by atoms with Crippen molar-refractivity contribution < 1.29 is 32.6 Å². The van der Waals surface area contributed by atoms with Crippen LogP contribution in [0.4, 0.5) is 8.78 Å². The largest absolute Gasteiger partial charge is 0.486 e. The van der Waals surface area contributed by atoms with Crippen molar-refractivity contribution in [3.63, 3.8) is 0 Å². The highest BCUT2D eigenvalue weighted by Crippen LogP contribution is 2.40. The van der Waals surface area contributed by atoms with Crippen molar-refractivity contribution >= 4 is 11.8 Å². The van der Waals surface area contributed by atoms with Gasteiger partial charge in [-0.05, 0) is 43.4 Å². The molecular weight excluding hydrogens is 374 g/mol. The summed E-state index contributed by atoms with van der Waals surface area (Å²) in [6, 6.07) is 4.65. The maximum atomic E-state index is 14.2. The van der Waals surface area contributed by atoms with Crippen LogP contribution in [0.25, 0.3) is 0 Å². The van der Waals surface area contributed by atoms with Crippen molar-refractivity contribution in [1.82, 2.24) is 10.6 Å². The van der Waals surface area contributed by atoms with Crippen molar-refractivity contribution in [2.75, 3.05) is 26.9 Å². The van der Waals surface area contributed by atoms with E-state index >= 15 is 0 Å². The van der Waals surface area contributed by atoms with Gasteiger partial charge in [0.1, 0.15) is 19.3 Å². The number of benzene rings is 1. The van der Waals surface area contributed by atoms with Crippen LogP contribution in [-0.4, -0.2) is 50.7 Å². The molecule has 154 valence electrons. The molecule has 3 rings (SSSR count). The number of fused-ring (bicyclic) bond motifs is 1. The van der Waals surface area contributed by atoms with Gasteiger partial charge in [-0.1, -0.05) is 6.07 Å². The minimum Gasteiger partial charge on any atom is -0.486 e. The second kappa shape index (κ2) is 8.30. The fourth-order valence-corrected chi connectivity index (χ4v) is 3.16. The molecular formula is C19H24F2N2O5. The number of methoxy groups -OCH3 is 1. The molecule has 0 bridgehead atoms. The van der Waals surface area contributed by atoms with Crippen molar-refractivity contribution in [3.8, 4) is 11.5 Å². The maximum absolute atomic E-state index is 14.2. The number of ether oxygens (including phenoxy) is 3. The Balaban J connectivity index is 1.53. The first kappa shape index (κ1) is 20.3. The molecule has 2 atom stereocenters. The van der Waals surface area contributed by atoms with E-state index in [1.54, 1.807) is 25.1 Å². The second-order valence-corrected chi connectivity index (χ2v) is 7.04. The van der Waals surface area contributed by atoms with E-state index in [-0.39, 0.29) is 5.92 Å². The highest BCUT2D eigenvalue weighted by atomic mass is 19.3. The molecule has 1 saturated carbocycles. The Hall–Kier alpha value is -2.42. The van der Waals surface area contributed by atoms with Crippen molar-refractivity contribution in [3.05, 3.63) is 23.8 Å². The van der Waals surface area contributed by atoms with Crippen molar-refractivity contribution in [1.29, 1.82) is 0 Å². The van der Waals surface area contributed by atoms with Crippen LogP contribution in [0.15, 0.2) is 18.2 Å². The number of hydrogen-bond acceptors (Lipinski definition) is 5. The third-order valence-corrected chi connectivity index (χ3v) is 4.83. The summed E-state index contributed by atoms with van der Waals surface area (Å²) in [5, 5.41) is 4.50. The van der Waals surface area contributed by atoms with Gasteiger partial charge in [-0.3, -0.25) is 9.59 Å². The van der Waals surface area contributed by atoms with Gasteiger partial charge in [0, 0.05) is 7.11 Å². The Morgan fingerprint density at radius 3 is 2.54 bits per heavy atom. The molecule has 2 N–H and O–H groups in total. The zero-order valence-electron chi connectivity index (χ0n) is 15.8. The first-order valence-electron chi connectivity index (χ1n) is 9.20. The van der Waals surface area contributed by atoms with Gasteiger partial charge in [-0.25, -0.2) is 8.78 Å². The molecule has 7 nitrogen and oxygen atoms in total. The molecule has 1 aliphatic carbocycles. The zero-order valence-corrected chi connectivity index (χ0v) is 15.8. The molecule has 1 aromatic rings. The molecule has 0 aromatic heterocycles. The lowest BCUT2D eigenvalue weighted by molar-refractivity contribution is -0.146. The summed E-state index contributed by atoms with van der Waals surface area (Å²) in [7, 11) is 1.22. The Morgan fingerprint density at radius 1 is 1.21 bits per heavy atom. The highest BCUT2D eigenvalue weighted by molar-refractivity contribution is 6.35. The Kier molecular flexibility index (Phi) is 6.02. The summed E-state index contributed by atoms with van der Waals surface area (Å²) < 4.78 is 44.2. The maximum Gasteiger partial charge on any atom is 0.309 e. The fourth-order valence-electron chi connectivity index (χ4n) is 3.16. The van der Waals surface area contributed by atoms with E-state index in [9.17, 15) is 18.4 Å². The molecule has 28 heavy (non-hydrogen) atoms. The average Bonchev–Trinajstić information content (AvgIpc) is 3.50. The van der Waals surface area contributed by atoms with E-state index in [4.69, 9.17) is 14.2 Å². The Bertz CT molecular complexity index is 739. The third-order valence-electron chi connectivity index (χ3n) is 4.83. The lowest BCUT2D eigenvalue weighted by atomic mass is 10.1. The lowest BCUT2D eigenvalue weighted by Gasteiger charge is -2.26. The highest BCUT2D eigenvalue weighted by Gasteiger charge is 2.48. The lowest BCUT2D eigenvalue weighted by Crippen LogP contribution is -2.50. The van der Waals surface area contributed by atoms with Gasteiger partial charge in [-0.2, -0.15) is 0 Å². The molecule has 2 unspecified atom stereocenters. The predicted octanol–water partition coefficient (Wildman–Crippen LogP) is 1.81. The van der Waals surface area contributed by atoms with Crippen LogP contribution < -0.4 is 20.1 Å². The molecule has 1 heterocycles. The van der Waals surface area contributed by atoms with Crippen LogP contribution in [0.5, 0.6) is 11.5 Å². The molecule has 9 heteroatoms. The van der Waals surface area contributed by atoms with Gasteiger partial charge in [0.05, 0.1) is 12.6 Å². The van der Waals surface area contributed by atoms with E-state index in [1.165, 1.54) is 7.11 Å². The summed E-state index contributed by atoms with van der Waals surface area (Å²) >= 11 is 0. The van der Waals surface area contributed by atoms with Gasteiger partial charge < -0.3 is 24.8 Å². The number of nitrogens with one attached hydrogen (secondary N) is 2. The van der Waals surface area contributed by atoms with Crippen LogP contribution in [0.3, 0.4) is 0 Å². The average molecular weight is 398 g/mol. The number of amides is 2. The fraction of sp³-hybridized carbons (Fsp3) is 0.579. The van der Waals surface area contributed by atoms with Gasteiger partial charge in [-0.15, -0.1) is 0 Å². The van der Waals surface area contributed by atoms with E-state index in [0.717, 1.165) is 0 Å². The van der Waals surface area contributed by atoms with Crippen LogP contribution in [0.1, 0.15) is 31.4 Å². The minimum atomic E-state index is -3.24. The molecule has 2 aliphatic rings. The first-order chi connectivity index (χ1) is 13.3. The van der Waals surface area contributed by atoms with Crippen molar-refractivity contribution in [2.45, 2.75) is 37.8 Å². The summed E-state index contributed by atoms with van der Waals surface area (Å²) in [4.78, 5) is 24.0. The second-order valence-electron chi connectivity index (χ2n) is 7.04. The third kappa shape index (κ3) is 4.70. The van der Waals surface area contributed by atoms with Crippen LogP contribution >= 0.6 is 0 Å². The van der Waals surface area contributed by atoms with Gasteiger partial charge in [0.25, 0.3) is 5.92 Å². The molecule has 1 aromatic carbocycles. The smallest absolute Gasteiger partial charge is 0.309 e. The molecule has 1 aliphatic heterocycles. The number of hydrogen-bond donors (Lipinski definition) is 2. The number of halogens is 2. The van der Waals surface area contributed by atoms with Gasteiger partial charge in [0.2, 0.25) is 0 Å². The predicted molar refractivity (Wildman–Crippen MR) is 95.5 cm³/mol. The van der Waals surface area contributed by atoms with Crippen LogP contribution in [0.2, 0.25) is 0 Å². The first-order valence-corrected chi connectivity index (χ1v) is 9.20. The Labute approximate surface area is 161 Å². The normalized spacial score (nSPS) is 18.1. The molecule has 0 saturated heterocycles. The van der Waals surface area contributed by atoms with Gasteiger partial charge >= 0.3 is 11.8 Å². The molecule has 0 spiro atoms. The van der Waals surface area contributed by atoms with Gasteiger partial charge in [0.15, 0.2) is 11.5 Å². The van der Waals surface area contributed by atoms with Crippen molar-refractivity contribution in [2.24, 2.45) is 5.92 Å². The summed E-state index contributed by atoms with van der Waals surface area (Å²) in [6.45, 7) is 1.62. The van der Waals surface area contributed by atoms with Crippen LogP contribution in [-0.2, 0) is 14.3 Å². The molecule has 0 radical (unpaired) electrons. The standard InChI is InChI=1S/C19H24F2N2O5/c1-11(13-5-6-14-15(9-13)28-8-7-27-14)23-18(25)17(24)22-10-19(20,21)16(26-2)12-3-4-12/h5-6,9,11-12,16H,3-4,7-8,10H2,1-2H3,(H,22,24)(H,23,25). The Morgan fingerprint density at radius 2 is 1.89 bits per heavy atom. The van der Waals surface area contributed by atoms with E-state index in [1.807, 2.05) is 5.32 Å². The minimum absolute atomic E-state index is 0.207. The number of alkyl halides is 2.